The molecule has 0 unspecified atom stereocenters. The Morgan fingerprint density at radius 2 is 1.87 bits per heavy atom. The fourth-order valence-corrected chi connectivity index (χ4v) is 4.32. The molecule has 5 nitrogen and oxygen atoms in total. The molecular formula is C25H26N4O. The SMILES string of the molecule is Cc1ccc(-n2cc(C3=CCN(CC(=O)N4CCc5ccccc54)CC3)cn2)cc1. The fourth-order valence-electron chi connectivity index (χ4n) is 4.32. The molecule has 0 radical (unpaired) electrons. The molecule has 1 amide bonds. The average Bonchev–Trinajstić information content (AvgIpc) is 3.42. The van der Waals surface area contributed by atoms with E-state index < -0.39 is 0 Å². The maximum absolute atomic E-state index is 12.9. The van der Waals surface area contributed by atoms with Crippen LogP contribution in [0, 0.1) is 6.92 Å². The van der Waals surface area contributed by atoms with Crippen LogP contribution in [0.5, 0.6) is 0 Å². The number of nitrogens with zero attached hydrogens (tertiary/aromatic N) is 4. The third-order valence-electron chi connectivity index (χ3n) is 6.09. The smallest absolute Gasteiger partial charge is 0.241 e. The minimum Gasteiger partial charge on any atom is -0.311 e. The van der Waals surface area contributed by atoms with Crippen LogP contribution in [-0.4, -0.2) is 46.8 Å². The Morgan fingerprint density at radius 1 is 1.03 bits per heavy atom. The normalized spacial score (nSPS) is 16.4. The Balaban J connectivity index is 1.22. The first-order valence-electron chi connectivity index (χ1n) is 10.6. The average molecular weight is 399 g/mol. The molecule has 1 aromatic heterocycles. The maximum Gasteiger partial charge on any atom is 0.241 e. The summed E-state index contributed by atoms with van der Waals surface area (Å²) in [4.78, 5) is 17.0. The summed E-state index contributed by atoms with van der Waals surface area (Å²) in [6.45, 7) is 5.05. The summed E-state index contributed by atoms with van der Waals surface area (Å²) in [7, 11) is 0. The molecule has 2 aliphatic heterocycles. The van der Waals surface area contributed by atoms with E-state index in [1.54, 1.807) is 0 Å². The first-order valence-corrected chi connectivity index (χ1v) is 10.6. The molecule has 2 aromatic carbocycles. The first-order chi connectivity index (χ1) is 14.7. The second kappa shape index (κ2) is 7.92. The largest absolute Gasteiger partial charge is 0.311 e. The van der Waals surface area contributed by atoms with Gasteiger partial charge in [0.15, 0.2) is 0 Å². The van der Waals surface area contributed by atoms with Gasteiger partial charge in [-0.25, -0.2) is 4.68 Å². The number of carbonyl (C=O) groups excluding carboxylic acids is 1. The minimum absolute atomic E-state index is 0.198. The summed E-state index contributed by atoms with van der Waals surface area (Å²) in [5.74, 6) is 0.198. The van der Waals surface area contributed by atoms with Crippen LogP contribution >= 0.6 is 0 Å². The molecule has 3 aromatic rings. The van der Waals surface area contributed by atoms with E-state index in [9.17, 15) is 4.79 Å². The number of para-hydroxylation sites is 1. The number of fused-ring (bicyclic) bond motifs is 1. The molecule has 152 valence electrons. The second-order valence-electron chi connectivity index (χ2n) is 8.15. The molecule has 30 heavy (non-hydrogen) atoms. The number of aromatic nitrogens is 2. The van der Waals surface area contributed by atoms with Gasteiger partial charge in [-0.15, -0.1) is 0 Å². The van der Waals surface area contributed by atoms with Crippen molar-refractivity contribution in [1.29, 1.82) is 0 Å². The van der Waals surface area contributed by atoms with E-state index in [0.29, 0.717) is 6.54 Å². The van der Waals surface area contributed by atoms with Gasteiger partial charge in [0.1, 0.15) is 0 Å². The van der Waals surface area contributed by atoms with Gasteiger partial charge in [0, 0.05) is 37.1 Å². The molecule has 0 N–H and O–H groups in total. The summed E-state index contributed by atoms with van der Waals surface area (Å²) in [6, 6.07) is 16.6. The fraction of sp³-hybridized carbons (Fsp3) is 0.280. The van der Waals surface area contributed by atoms with E-state index in [-0.39, 0.29) is 5.91 Å². The lowest BCUT2D eigenvalue weighted by atomic mass is 10.0. The van der Waals surface area contributed by atoms with E-state index >= 15 is 0 Å². The molecular weight excluding hydrogens is 372 g/mol. The number of amides is 1. The number of hydrogen-bond donors (Lipinski definition) is 0. The third kappa shape index (κ3) is 3.68. The van der Waals surface area contributed by atoms with E-state index in [0.717, 1.165) is 49.4 Å². The maximum atomic E-state index is 12.9. The van der Waals surface area contributed by atoms with Crippen molar-refractivity contribution in [3.05, 3.63) is 83.7 Å². The summed E-state index contributed by atoms with van der Waals surface area (Å²) in [5, 5.41) is 4.53. The van der Waals surface area contributed by atoms with Gasteiger partial charge in [-0.3, -0.25) is 9.69 Å². The predicted octanol–water partition coefficient (Wildman–Crippen LogP) is 3.86. The number of hydrogen-bond acceptors (Lipinski definition) is 3. The Hall–Kier alpha value is -3.18. The van der Waals surface area contributed by atoms with Crippen molar-refractivity contribution < 1.29 is 4.79 Å². The van der Waals surface area contributed by atoms with Crippen molar-refractivity contribution >= 4 is 17.2 Å². The van der Waals surface area contributed by atoms with Gasteiger partial charge in [0.05, 0.1) is 18.4 Å². The Morgan fingerprint density at radius 3 is 2.67 bits per heavy atom. The van der Waals surface area contributed by atoms with Gasteiger partial charge in [-0.1, -0.05) is 42.0 Å². The zero-order valence-electron chi connectivity index (χ0n) is 17.3. The van der Waals surface area contributed by atoms with Crippen molar-refractivity contribution in [3.63, 3.8) is 0 Å². The summed E-state index contributed by atoms with van der Waals surface area (Å²) < 4.78 is 1.93. The molecule has 0 spiro atoms. The van der Waals surface area contributed by atoms with Crippen molar-refractivity contribution in [2.45, 2.75) is 19.8 Å². The van der Waals surface area contributed by atoms with E-state index in [1.165, 1.54) is 16.7 Å². The molecule has 0 fully saturated rings. The molecule has 2 aliphatic rings. The Labute approximate surface area is 177 Å². The monoisotopic (exact) mass is 398 g/mol. The standard InChI is InChI=1S/C25H26N4O/c1-19-6-8-23(9-7-19)29-17-22(16-26-29)20-10-13-27(14-11-20)18-25(30)28-15-12-21-4-2-3-5-24(21)28/h2-10,16-17H,11-15,18H2,1H3. The van der Waals surface area contributed by atoms with Gasteiger partial charge in [0.25, 0.3) is 0 Å². The van der Waals surface area contributed by atoms with Crippen LogP contribution in [0.4, 0.5) is 5.69 Å². The molecule has 0 atom stereocenters. The highest BCUT2D eigenvalue weighted by Crippen LogP contribution is 2.28. The van der Waals surface area contributed by atoms with Gasteiger partial charge < -0.3 is 4.90 Å². The predicted molar refractivity (Wildman–Crippen MR) is 120 cm³/mol. The Bertz CT molecular complexity index is 1100. The first kappa shape index (κ1) is 18.8. The van der Waals surface area contributed by atoms with Gasteiger partial charge in [-0.2, -0.15) is 5.10 Å². The minimum atomic E-state index is 0.198. The lowest BCUT2D eigenvalue weighted by Gasteiger charge is -2.27. The van der Waals surface area contributed by atoms with Crippen LogP contribution in [0.25, 0.3) is 11.3 Å². The molecule has 0 saturated heterocycles. The zero-order valence-corrected chi connectivity index (χ0v) is 17.3. The van der Waals surface area contributed by atoms with Crippen LogP contribution < -0.4 is 4.90 Å². The van der Waals surface area contributed by atoms with Crippen LogP contribution in [0.3, 0.4) is 0 Å². The lowest BCUT2D eigenvalue weighted by molar-refractivity contribution is -0.119. The Kier molecular flexibility index (Phi) is 4.97. The summed E-state index contributed by atoms with van der Waals surface area (Å²) >= 11 is 0. The number of aryl methyl sites for hydroxylation is 1. The third-order valence-corrected chi connectivity index (χ3v) is 6.09. The van der Waals surface area contributed by atoms with Gasteiger partial charge in [-0.05, 0) is 49.1 Å². The molecule has 3 heterocycles. The molecule has 0 saturated carbocycles. The highest BCUT2D eigenvalue weighted by atomic mass is 16.2. The highest BCUT2D eigenvalue weighted by Gasteiger charge is 2.26. The van der Waals surface area contributed by atoms with E-state index in [4.69, 9.17) is 0 Å². The van der Waals surface area contributed by atoms with Crippen LogP contribution in [0.15, 0.2) is 67.0 Å². The van der Waals surface area contributed by atoms with Crippen molar-refractivity contribution in [2.24, 2.45) is 0 Å². The lowest BCUT2D eigenvalue weighted by Crippen LogP contribution is -2.41. The van der Waals surface area contributed by atoms with Crippen LogP contribution in [0.2, 0.25) is 0 Å². The van der Waals surface area contributed by atoms with E-state index in [2.05, 4.69) is 65.6 Å². The summed E-state index contributed by atoms with van der Waals surface area (Å²) in [5.41, 5.74) is 7.14. The number of carbonyl (C=O) groups is 1. The van der Waals surface area contributed by atoms with Crippen LogP contribution in [-0.2, 0) is 11.2 Å². The quantitative estimate of drug-likeness (QED) is 0.670. The zero-order chi connectivity index (χ0) is 20.5. The topological polar surface area (TPSA) is 41.4 Å². The molecule has 0 bridgehead atoms. The molecule has 5 rings (SSSR count). The van der Waals surface area contributed by atoms with Crippen molar-refractivity contribution in [3.8, 4) is 5.69 Å². The van der Waals surface area contributed by atoms with Crippen molar-refractivity contribution in [1.82, 2.24) is 14.7 Å². The summed E-state index contributed by atoms with van der Waals surface area (Å²) in [6.07, 6.45) is 8.16. The number of benzene rings is 2. The number of rotatable bonds is 4. The van der Waals surface area contributed by atoms with Crippen LogP contribution in [0.1, 0.15) is 23.1 Å². The van der Waals surface area contributed by atoms with Gasteiger partial charge in [0.2, 0.25) is 5.91 Å². The number of anilines is 1. The van der Waals surface area contributed by atoms with Gasteiger partial charge >= 0.3 is 0 Å². The van der Waals surface area contributed by atoms with E-state index in [1.807, 2.05) is 27.9 Å². The molecule has 5 heteroatoms. The molecule has 0 aliphatic carbocycles. The highest BCUT2D eigenvalue weighted by molar-refractivity contribution is 5.96. The van der Waals surface area contributed by atoms with Crippen molar-refractivity contribution in [2.75, 3.05) is 31.1 Å². The second-order valence-corrected chi connectivity index (χ2v) is 8.15.